The number of carbonyl (C=O) groups is 1. The van der Waals surface area contributed by atoms with Gasteiger partial charge in [0.1, 0.15) is 0 Å². The summed E-state index contributed by atoms with van der Waals surface area (Å²) in [6.07, 6.45) is 10.6. The van der Waals surface area contributed by atoms with Crippen LogP contribution < -0.4 is 11.1 Å². The molecule has 0 radical (unpaired) electrons. The minimum absolute atomic E-state index is 0.124. The summed E-state index contributed by atoms with van der Waals surface area (Å²) >= 11 is 0. The maximum Gasteiger partial charge on any atom is 0.220 e. The number of amides is 1. The van der Waals surface area contributed by atoms with E-state index in [-0.39, 0.29) is 11.9 Å². The van der Waals surface area contributed by atoms with Crippen molar-refractivity contribution in [2.24, 2.45) is 11.7 Å². The highest BCUT2D eigenvalue weighted by Crippen LogP contribution is 2.27. The Morgan fingerprint density at radius 2 is 2.06 bits per heavy atom. The van der Waals surface area contributed by atoms with Gasteiger partial charge in [-0.15, -0.1) is 0 Å². The summed E-state index contributed by atoms with van der Waals surface area (Å²) in [6.45, 7) is 2.75. The summed E-state index contributed by atoms with van der Waals surface area (Å²) in [5.41, 5.74) is 5.86. The van der Waals surface area contributed by atoms with E-state index >= 15 is 0 Å². The summed E-state index contributed by atoms with van der Waals surface area (Å²) in [7, 11) is 0. The molecule has 0 bridgehead atoms. The van der Waals surface area contributed by atoms with Gasteiger partial charge in [-0.2, -0.15) is 0 Å². The van der Waals surface area contributed by atoms with E-state index in [0.717, 1.165) is 25.2 Å². The number of nitrogens with one attached hydrogen (secondary N) is 1. The van der Waals surface area contributed by atoms with E-state index in [1.165, 1.54) is 32.1 Å². The first kappa shape index (κ1) is 14.5. The van der Waals surface area contributed by atoms with Gasteiger partial charge in [0.15, 0.2) is 0 Å². The molecule has 3 N–H and O–H groups in total. The Morgan fingerprint density at radius 1 is 1.35 bits per heavy atom. The first-order valence-corrected chi connectivity index (χ1v) is 7.24. The monoisotopic (exact) mass is 240 g/mol. The Labute approximate surface area is 106 Å². The van der Waals surface area contributed by atoms with Gasteiger partial charge in [0.25, 0.3) is 0 Å². The Kier molecular flexibility index (Phi) is 7.25. The molecule has 0 aromatic rings. The Morgan fingerprint density at radius 3 is 2.71 bits per heavy atom. The van der Waals surface area contributed by atoms with Gasteiger partial charge < -0.3 is 11.1 Å². The van der Waals surface area contributed by atoms with Crippen LogP contribution in [0.3, 0.4) is 0 Å². The van der Waals surface area contributed by atoms with Crippen molar-refractivity contribution in [1.82, 2.24) is 5.32 Å². The van der Waals surface area contributed by atoms with Crippen LogP contribution in [0.4, 0.5) is 0 Å². The molecule has 1 aliphatic rings. The molecule has 1 unspecified atom stereocenters. The molecule has 17 heavy (non-hydrogen) atoms. The van der Waals surface area contributed by atoms with E-state index in [2.05, 4.69) is 12.2 Å². The first-order chi connectivity index (χ1) is 8.22. The lowest BCUT2D eigenvalue weighted by molar-refractivity contribution is -0.121. The minimum atomic E-state index is 0.124. The van der Waals surface area contributed by atoms with E-state index in [1.807, 2.05) is 0 Å². The molecular formula is C14H28N2O. The molecular weight excluding hydrogens is 212 g/mol. The molecule has 0 aromatic carbocycles. The van der Waals surface area contributed by atoms with E-state index in [0.29, 0.717) is 13.0 Å². The molecule has 3 heteroatoms. The normalized spacial score (nSPS) is 18.9. The molecule has 1 amide bonds. The maximum atomic E-state index is 11.6. The van der Waals surface area contributed by atoms with Crippen molar-refractivity contribution in [2.75, 3.05) is 6.54 Å². The molecule has 1 aliphatic carbocycles. The largest absolute Gasteiger partial charge is 0.355 e. The molecule has 3 nitrogen and oxygen atoms in total. The zero-order valence-electron chi connectivity index (χ0n) is 11.2. The molecule has 1 saturated carbocycles. The summed E-state index contributed by atoms with van der Waals surface area (Å²) in [5.74, 6) is 0.973. The van der Waals surface area contributed by atoms with Crippen LogP contribution in [0, 0.1) is 5.92 Å². The van der Waals surface area contributed by atoms with Crippen molar-refractivity contribution < 1.29 is 4.79 Å². The van der Waals surface area contributed by atoms with Crippen LogP contribution in [-0.2, 0) is 4.79 Å². The lowest BCUT2D eigenvalue weighted by Crippen LogP contribution is -2.37. The smallest absolute Gasteiger partial charge is 0.220 e. The summed E-state index contributed by atoms with van der Waals surface area (Å²) in [5, 5.41) is 2.94. The summed E-state index contributed by atoms with van der Waals surface area (Å²) in [6, 6.07) is 0.124. The van der Waals surface area contributed by atoms with Crippen molar-refractivity contribution in [3.05, 3.63) is 0 Å². The number of hydrogen-bond donors (Lipinski definition) is 2. The quantitative estimate of drug-likeness (QED) is 0.718. The fourth-order valence-electron chi connectivity index (χ4n) is 2.62. The first-order valence-electron chi connectivity index (χ1n) is 7.24. The average Bonchev–Trinajstić information content (AvgIpc) is 2.35. The van der Waals surface area contributed by atoms with Crippen molar-refractivity contribution in [1.29, 1.82) is 0 Å². The van der Waals surface area contributed by atoms with Crippen LogP contribution in [0.15, 0.2) is 0 Å². The Bertz CT molecular complexity index is 212. The minimum Gasteiger partial charge on any atom is -0.355 e. The zero-order chi connectivity index (χ0) is 12.5. The third kappa shape index (κ3) is 6.67. The van der Waals surface area contributed by atoms with Crippen LogP contribution in [0.5, 0.6) is 0 Å². The second-order valence-corrected chi connectivity index (χ2v) is 5.40. The standard InChI is InChI=1S/C14H28N2O/c1-2-6-13(15)11-16-14(17)10-9-12-7-4-3-5-8-12/h12-13H,2-11,15H2,1H3,(H,16,17). The molecule has 0 saturated heterocycles. The lowest BCUT2D eigenvalue weighted by atomic mass is 9.86. The number of nitrogens with two attached hydrogens (primary N) is 1. The van der Waals surface area contributed by atoms with Crippen LogP contribution in [-0.4, -0.2) is 18.5 Å². The van der Waals surface area contributed by atoms with Crippen molar-refractivity contribution in [3.8, 4) is 0 Å². The Hall–Kier alpha value is -0.570. The number of carbonyl (C=O) groups excluding carboxylic acids is 1. The van der Waals surface area contributed by atoms with Gasteiger partial charge in [0.05, 0.1) is 0 Å². The topological polar surface area (TPSA) is 55.1 Å². The van der Waals surface area contributed by atoms with Gasteiger partial charge in [-0.25, -0.2) is 0 Å². The van der Waals surface area contributed by atoms with Gasteiger partial charge in [-0.3, -0.25) is 4.79 Å². The number of hydrogen-bond acceptors (Lipinski definition) is 2. The predicted molar refractivity (Wildman–Crippen MR) is 71.7 cm³/mol. The lowest BCUT2D eigenvalue weighted by Gasteiger charge is -2.21. The second-order valence-electron chi connectivity index (χ2n) is 5.40. The van der Waals surface area contributed by atoms with Crippen molar-refractivity contribution >= 4 is 5.91 Å². The van der Waals surface area contributed by atoms with E-state index in [9.17, 15) is 4.79 Å². The maximum absolute atomic E-state index is 11.6. The summed E-state index contributed by atoms with van der Waals surface area (Å²) in [4.78, 5) is 11.6. The van der Waals surface area contributed by atoms with Crippen LogP contribution in [0.25, 0.3) is 0 Å². The van der Waals surface area contributed by atoms with E-state index < -0.39 is 0 Å². The highest BCUT2D eigenvalue weighted by Gasteiger charge is 2.14. The average molecular weight is 240 g/mol. The molecule has 0 aliphatic heterocycles. The van der Waals surface area contributed by atoms with E-state index in [4.69, 9.17) is 5.73 Å². The molecule has 1 rings (SSSR count). The molecule has 0 spiro atoms. The zero-order valence-corrected chi connectivity index (χ0v) is 11.2. The number of rotatable bonds is 7. The third-order valence-electron chi connectivity index (χ3n) is 3.73. The third-order valence-corrected chi connectivity index (χ3v) is 3.73. The van der Waals surface area contributed by atoms with E-state index in [1.54, 1.807) is 0 Å². The SMILES string of the molecule is CCCC(N)CNC(=O)CCC1CCCCC1. The van der Waals surface area contributed by atoms with Gasteiger partial charge in [-0.05, 0) is 18.8 Å². The summed E-state index contributed by atoms with van der Waals surface area (Å²) < 4.78 is 0. The highest BCUT2D eigenvalue weighted by molar-refractivity contribution is 5.75. The van der Waals surface area contributed by atoms with Crippen molar-refractivity contribution in [3.63, 3.8) is 0 Å². The molecule has 1 atom stereocenters. The Balaban J connectivity index is 2.04. The van der Waals surface area contributed by atoms with Gasteiger partial charge in [0.2, 0.25) is 5.91 Å². The predicted octanol–water partition coefficient (Wildman–Crippen LogP) is 2.59. The second kappa shape index (κ2) is 8.51. The van der Waals surface area contributed by atoms with Crippen LogP contribution >= 0.6 is 0 Å². The van der Waals surface area contributed by atoms with Gasteiger partial charge in [-0.1, -0.05) is 45.4 Å². The molecule has 0 heterocycles. The van der Waals surface area contributed by atoms with Crippen LogP contribution in [0.1, 0.15) is 64.7 Å². The fourth-order valence-corrected chi connectivity index (χ4v) is 2.62. The molecule has 1 fully saturated rings. The molecule has 100 valence electrons. The van der Waals surface area contributed by atoms with Gasteiger partial charge >= 0.3 is 0 Å². The van der Waals surface area contributed by atoms with Gasteiger partial charge in [0, 0.05) is 19.0 Å². The van der Waals surface area contributed by atoms with Crippen molar-refractivity contribution in [2.45, 2.75) is 70.8 Å². The van der Waals surface area contributed by atoms with Crippen LogP contribution in [0.2, 0.25) is 0 Å². The highest BCUT2D eigenvalue weighted by atomic mass is 16.1. The fraction of sp³-hybridized carbons (Fsp3) is 0.929. The molecule has 0 aromatic heterocycles.